The lowest BCUT2D eigenvalue weighted by molar-refractivity contribution is 0.305. The predicted octanol–water partition coefficient (Wildman–Crippen LogP) is 3.47. The second-order valence-electron chi connectivity index (χ2n) is 5.05. The highest BCUT2D eigenvalue weighted by Crippen LogP contribution is 2.23. The summed E-state index contributed by atoms with van der Waals surface area (Å²) in [5.74, 6) is 0.598. The summed E-state index contributed by atoms with van der Waals surface area (Å²) in [5, 5.41) is 8.68. The summed E-state index contributed by atoms with van der Waals surface area (Å²) in [6.07, 6.45) is 6.24. The quantitative estimate of drug-likeness (QED) is 0.564. The molecule has 6 heteroatoms. The fraction of sp³-hybridized carbons (Fsp3) is 0.118. The third-order valence-electron chi connectivity index (χ3n) is 3.54. The molecule has 0 unspecified atom stereocenters. The van der Waals surface area contributed by atoms with Crippen LogP contribution in [0.1, 0.15) is 5.56 Å². The minimum Gasteiger partial charge on any atom is -0.476 e. The Morgan fingerprint density at radius 2 is 2.00 bits per heavy atom. The molecule has 23 heavy (non-hydrogen) atoms. The van der Waals surface area contributed by atoms with E-state index in [1.807, 2.05) is 40.4 Å². The second-order valence-corrected chi connectivity index (χ2v) is 5.83. The van der Waals surface area contributed by atoms with Crippen LogP contribution >= 0.6 is 11.3 Å². The first-order valence-corrected chi connectivity index (χ1v) is 8.23. The summed E-state index contributed by atoms with van der Waals surface area (Å²) >= 11 is 1.66. The molecule has 114 valence electrons. The summed E-state index contributed by atoms with van der Waals surface area (Å²) in [4.78, 5) is 8.40. The number of hydrogen-bond donors (Lipinski definition) is 0. The van der Waals surface area contributed by atoms with E-state index in [0.29, 0.717) is 12.5 Å². The van der Waals surface area contributed by atoms with Gasteiger partial charge in [0.1, 0.15) is 0 Å². The van der Waals surface area contributed by atoms with Crippen LogP contribution < -0.4 is 4.74 Å². The molecule has 5 nitrogen and oxygen atoms in total. The third-order valence-corrected chi connectivity index (χ3v) is 4.23. The van der Waals surface area contributed by atoms with Gasteiger partial charge >= 0.3 is 0 Å². The summed E-state index contributed by atoms with van der Waals surface area (Å²) < 4.78 is 7.61. The molecule has 0 fully saturated rings. The molecule has 4 heterocycles. The van der Waals surface area contributed by atoms with Gasteiger partial charge in [-0.15, -0.1) is 5.10 Å². The molecule has 0 saturated heterocycles. The van der Waals surface area contributed by atoms with Crippen LogP contribution in [-0.4, -0.2) is 26.2 Å². The van der Waals surface area contributed by atoms with E-state index in [1.54, 1.807) is 23.7 Å². The molecule has 0 aliphatic carbocycles. The van der Waals surface area contributed by atoms with Crippen LogP contribution in [0.4, 0.5) is 0 Å². The lowest BCUT2D eigenvalue weighted by atomic mass is 10.2. The van der Waals surface area contributed by atoms with Crippen LogP contribution in [0.25, 0.3) is 16.9 Å². The average Bonchev–Trinajstić information content (AvgIpc) is 3.24. The Morgan fingerprint density at radius 3 is 2.83 bits per heavy atom. The number of fused-ring (bicyclic) bond motifs is 1. The molecule has 0 bridgehead atoms. The molecule has 0 saturated carbocycles. The summed E-state index contributed by atoms with van der Waals surface area (Å²) in [5.41, 5.74) is 4.10. The van der Waals surface area contributed by atoms with E-state index < -0.39 is 0 Å². The van der Waals surface area contributed by atoms with Crippen molar-refractivity contribution in [3.05, 3.63) is 65.2 Å². The third kappa shape index (κ3) is 2.93. The van der Waals surface area contributed by atoms with Crippen molar-refractivity contribution in [1.29, 1.82) is 0 Å². The molecule has 4 rings (SSSR count). The number of hydrogen-bond acceptors (Lipinski definition) is 5. The van der Waals surface area contributed by atoms with Gasteiger partial charge in [-0.25, -0.2) is 9.50 Å². The Morgan fingerprint density at radius 1 is 1.09 bits per heavy atom. The normalized spacial score (nSPS) is 11.0. The topological polar surface area (TPSA) is 52.3 Å². The molecule has 0 atom stereocenters. The smallest absolute Gasteiger partial charge is 0.231 e. The zero-order valence-corrected chi connectivity index (χ0v) is 13.1. The number of rotatable bonds is 5. The van der Waals surface area contributed by atoms with E-state index in [0.717, 1.165) is 23.3 Å². The van der Waals surface area contributed by atoms with Crippen LogP contribution in [0.15, 0.2) is 59.7 Å². The molecule has 0 aromatic carbocycles. The molecule has 4 aromatic heterocycles. The molecule has 0 aliphatic rings. The minimum atomic E-state index is 0.574. The van der Waals surface area contributed by atoms with E-state index in [2.05, 4.69) is 26.5 Å². The van der Waals surface area contributed by atoms with Crippen molar-refractivity contribution in [3.8, 4) is 17.1 Å². The molecule has 0 spiro atoms. The van der Waals surface area contributed by atoms with Crippen molar-refractivity contribution >= 4 is 17.0 Å². The van der Waals surface area contributed by atoms with Crippen molar-refractivity contribution in [3.63, 3.8) is 0 Å². The van der Waals surface area contributed by atoms with E-state index in [9.17, 15) is 0 Å². The highest BCUT2D eigenvalue weighted by molar-refractivity contribution is 7.08. The highest BCUT2D eigenvalue weighted by Gasteiger charge is 2.08. The molecule has 0 aliphatic heterocycles. The van der Waals surface area contributed by atoms with Crippen molar-refractivity contribution in [2.24, 2.45) is 0 Å². The summed E-state index contributed by atoms with van der Waals surface area (Å²) in [7, 11) is 0. The largest absolute Gasteiger partial charge is 0.476 e. The first-order valence-electron chi connectivity index (χ1n) is 7.29. The summed E-state index contributed by atoms with van der Waals surface area (Å²) in [6.45, 7) is 0.574. The van der Waals surface area contributed by atoms with Crippen LogP contribution in [0.5, 0.6) is 5.88 Å². The Labute approximate surface area is 137 Å². The van der Waals surface area contributed by atoms with E-state index in [4.69, 9.17) is 4.74 Å². The number of thiophene rings is 1. The fourth-order valence-electron chi connectivity index (χ4n) is 2.36. The van der Waals surface area contributed by atoms with Gasteiger partial charge in [-0.05, 0) is 35.2 Å². The molecule has 0 amide bonds. The number of ether oxygens (including phenoxy) is 1. The fourth-order valence-corrected chi connectivity index (χ4v) is 3.01. The Bertz CT molecular complexity index is 903. The van der Waals surface area contributed by atoms with Gasteiger partial charge in [0.2, 0.25) is 5.88 Å². The van der Waals surface area contributed by atoms with Gasteiger partial charge in [-0.3, -0.25) is 4.98 Å². The standard InChI is InChI=1S/C17H14N4OS/c1-2-17(22-9-5-13-3-7-18-8-4-13)20-21-15(11-19-16(1)21)14-6-10-23-12-14/h1-4,6-8,10-12H,5,9H2. The van der Waals surface area contributed by atoms with Crippen LogP contribution in [0.3, 0.4) is 0 Å². The first kappa shape index (κ1) is 13.9. The Balaban J connectivity index is 1.53. The maximum Gasteiger partial charge on any atom is 0.231 e. The lowest BCUT2D eigenvalue weighted by Gasteiger charge is -2.06. The SMILES string of the molecule is c1cc(CCOc2ccc3ncc(-c4ccsc4)n3n2)ccn1. The van der Waals surface area contributed by atoms with E-state index in [1.165, 1.54) is 5.56 Å². The van der Waals surface area contributed by atoms with E-state index in [-0.39, 0.29) is 0 Å². The zero-order valence-electron chi connectivity index (χ0n) is 12.3. The van der Waals surface area contributed by atoms with Gasteiger partial charge in [0.05, 0.1) is 18.5 Å². The average molecular weight is 322 g/mol. The molecule has 4 aromatic rings. The van der Waals surface area contributed by atoms with E-state index >= 15 is 0 Å². The number of nitrogens with zero attached hydrogens (tertiary/aromatic N) is 4. The Hall–Kier alpha value is -2.73. The van der Waals surface area contributed by atoms with Crippen LogP contribution in [0, 0.1) is 0 Å². The van der Waals surface area contributed by atoms with Gasteiger partial charge in [0.25, 0.3) is 0 Å². The van der Waals surface area contributed by atoms with Crippen LogP contribution in [0.2, 0.25) is 0 Å². The van der Waals surface area contributed by atoms with Crippen molar-refractivity contribution < 1.29 is 4.74 Å². The predicted molar refractivity (Wildman–Crippen MR) is 89.7 cm³/mol. The van der Waals surface area contributed by atoms with Crippen molar-refractivity contribution in [2.75, 3.05) is 6.61 Å². The summed E-state index contributed by atoms with van der Waals surface area (Å²) in [6, 6.07) is 9.82. The maximum absolute atomic E-state index is 5.78. The van der Waals surface area contributed by atoms with Crippen LogP contribution in [-0.2, 0) is 6.42 Å². The maximum atomic E-state index is 5.78. The number of imidazole rings is 1. The zero-order chi connectivity index (χ0) is 15.5. The molecular formula is C17H14N4OS. The lowest BCUT2D eigenvalue weighted by Crippen LogP contribution is -2.05. The molecule has 0 radical (unpaired) electrons. The first-order chi connectivity index (χ1) is 11.4. The highest BCUT2D eigenvalue weighted by atomic mass is 32.1. The number of aromatic nitrogens is 4. The monoisotopic (exact) mass is 322 g/mol. The number of pyridine rings is 1. The molecular weight excluding hydrogens is 308 g/mol. The van der Waals surface area contributed by atoms with Gasteiger partial charge in [0, 0.05) is 35.8 Å². The van der Waals surface area contributed by atoms with Gasteiger partial charge in [-0.2, -0.15) is 11.3 Å². The Kier molecular flexibility index (Phi) is 3.73. The van der Waals surface area contributed by atoms with Gasteiger partial charge in [0.15, 0.2) is 5.65 Å². The minimum absolute atomic E-state index is 0.574. The van der Waals surface area contributed by atoms with Crippen molar-refractivity contribution in [2.45, 2.75) is 6.42 Å². The molecule has 0 N–H and O–H groups in total. The van der Waals surface area contributed by atoms with Gasteiger partial charge in [-0.1, -0.05) is 0 Å². The van der Waals surface area contributed by atoms with Crippen molar-refractivity contribution in [1.82, 2.24) is 19.6 Å². The van der Waals surface area contributed by atoms with Gasteiger partial charge < -0.3 is 4.74 Å². The second kappa shape index (κ2) is 6.18.